The lowest BCUT2D eigenvalue weighted by atomic mass is 10.1. The van der Waals surface area contributed by atoms with Gasteiger partial charge in [-0.25, -0.2) is 0 Å². The Kier molecular flexibility index (Phi) is 8.74. The molecule has 0 saturated heterocycles. The highest BCUT2D eigenvalue weighted by atomic mass is 35.5. The molecule has 0 atom stereocenters. The van der Waals surface area contributed by atoms with Crippen molar-refractivity contribution in [1.29, 1.82) is 0 Å². The van der Waals surface area contributed by atoms with Gasteiger partial charge in [0.05, 0.1) is 23.4 Å². The maximum atomic E-state index is 12.2. The van der Waals surface area contributed by atoms with E-state index >= 15 is 0 Å². The molecule has 0 spiro atoms. The Labute approximate surface area is 151 Å². The Balaban J connectivity index is 0.00000242. The van der Waals surface area contributed by atoms with Gasteiger partial charge in [0, 0.05) is 19.2 Å². The summed E-state index contributed by atoms with van der Waals surface area (Å²) in [5.74, 6) is 0.895. The number of halogens is 3. The molecule has 1 aromatic carbocycles. The summed E-state index contributed by atoms with van der Waals surface area (Å²) in [6.07, 6.45) is 1.61. The molecule has 2 aromatic rings. The third-order valence-corrected chi connectivity index (χ3v) is 3.34. The SMILES string of the molecule is COc1cc(N)c(Cl)cc1C(=O)NCCn1cnnc1C.Cl.Cl. The molecule has 3 N–H and O–H groups in total. The first-order valence-electron chi connectivity index (χ1n) is 6.28. The van der Waals surface area contributed by atoms with Crippen LogP contribution in [0.5, 0.6) is 5.75 Å². The summed E-state index contributed by atoms with van der Waals surface area (Å²) in [4.78, 5) is 12.2. The van der Waals surface area contributed by atoms with Gasteiger partial charge >= 0.3 is 0 Å². The number of nitrogens with zero attached hydrogens (tertiary/aromatic N) is 3. The first kappa shape index (κ1) is 21.3. The van der Waals surface area contributed by atoms with Crippen molar-refractivity contribution in [3.8, 4) is 5.75 Å². The highest BCUT2D eigenvalue weighted by molar-refractivity contribution is 6.33. The maximum Gasteiger partial charge on any atom is 0.255 e. The van der Waals surface area contributed by atoms with Crippen LogP contribution in [-0.4, -0.2) is 34.3 Å². The van der Waals surface area contributed by atoms with E-state index in [1.165, 1.54) is 19.2 Å². The zero-order valence-electron chi connectivity index (χ0n) is 12.6. The molecule has 10 heteroatoms. The summed E-state index contributed by atoms with van der Waals surface area (Å²) < 4.78 is 6.99. The molecule has 0 aliphatic heterocycles. The van der Waals surface area contributed by atoms with Crippen molar-refractivity contribution in [2.45, 2.75) is 13.5 Å². The highest BCUT2D eigenvalue weighted by Crippen LogP contribution is 2.28. The minimum atomic E-state index is -0.278. The Morgan fingerprint density at radius 2 is 2.13 bits per heavy atom. The van der Waals surface area contributed by atoms with Crippen LogP contribution in [0.15, 0.2) is 18.5 Å². The van der Waals surface area contributed by atoms with E-state index in [0.29, 0.717) is 35.1 Å². The van der Waals surface area contributed by atoms with Crippen LogP contribution in [0.4, 0.5) is 5.69 Å². The number of benzene rings is 1. The molecule has 0 fully saturated rings. The molecule has 0 unspecified atom stereocenters. The van der Waals surface area contributed by atoms with Gasteiger partial charge in [0.1, 0.15) is 17.9 Å². The predicted octanol–water partition coefficient (Wildman–Crippen LogP) is 2.10. The van der Waals surface area contributed by atoms with Crippen LogP contribution >= 0.6 is 36.4 Å². The van der Waals surface area contributed by atoms with E-state index in [4.69, 9.17) is 22.1 Å². The molecule has 7 nitrogen and oxygen atoms in total. The summed E-state index contributed by atoms with van der Waals surface area (Å²) in [6, 6.07) is 3.02. The largest absolute Gasteiger partial charge is 0.496 e. The second kappa shape index (κ2) is 9.44. The van der Waals surface area contributed by atoms with Gasteiger partial charge in [0.15, 0.2) is 0 Å². The highest BCUT2D eigenvalue weighted by Gasteiger charge is 2.14. The molecule has 0 saturated carbocycles. The monoisotopic (exact) mass is 381 g/mol. The number of ether oxygens (including phenoxy) is 1. The van der Waals surface area contributed by atoms with Crippen LogP contribution in [0.1, 0.15) is 16.2 Å². The van der Waals surface area contributed by atoms with E-state index in [-0.39, 0.29) is 30.7 Å². The fourth-order valence-electron chi connectivity index (χ4n) is 1.83. The van der Waals surface area contributed by atoms with Crippen molar-refractivity contribution in [1.82, 2.24) is 20.1 Å². The minimum absolute atomic E-state index is 0. The van der Waals surface area contributed by atoms with Gasteiger partial charge in [-0.2, -0.15) is 0 Å². The van der Waals surface area contributed by atoms with E-state index in [2.05, 4.69) is 15.5 Å². The quantitative estimate of drug-likeness (QED) is 0.772. The lowest BCUT2D eigenvalue weighted by molar-refractivity contribution is 0.0949. The molecule has 2 rings (SSSR count). The fourth-order valence-corrected chi connectivity index (χ4v) is 2.00. The molecule has 1 amide bonds. The summed E-state index contributed by atoms with van der Waals surface area (Å²) in [5, 5.41) is 10.8. The molecular formula is C13H18Cl3N5O2. The topological polar surface area (TPSA) is 95.1 Å². The number of carbonyl (C=O) groups is 1. The number of hydrogen-bond donors (Lipinski definition) is 2. The molecule has 1 aromatic heterocycles. The second-order valence-corrected chi connectivity index (χ2v) is 4.81. The van der Waals surface area contributed by atoms with Crippen molar-refractivity contribution in [2.75, 3.05) is 19.4 Å². The standard InChI is InChI=1S/C13H16ClN5O2.2ClH/c1-8-18-17-7-19(8)4-3-16-13(20)9-5-10(14)11(15)6-12(9)21-2;;/h5-7H,3-4,15H2,1-2H3,(H,16,20);2*1H. The molecule has 1 heterocycles. The van der Waals surface area contributed by atoms with Crippen LogP contribution in [0, 0.1) is 6.92 Å². The lowest BCUT2D eigenvalue weighted by Crippen LogP contribution is -2.27. The zero-order chi connectivity index (χ0) is 15.4. The average Bonchev–Trinajstić information content (AvgIpc) is 2.86. The van der Waals surface area contributed by atoms with Crippen LogP contribution in [0.2, 0.25) is 5.02 Å². The second-order valence-electron chi connectivity index (χ2n) is 4.40. The van der Waals surface area contributed by atoms with Crippen molar-refractivity contribution >= 4 is 48.0 Å². The minimum Gasteiger partial charge on any atom is -0.496 e. The van der Waals surface area contributed by atoms with Gasteiger partial charge < -0.3 is 20.4 Å². The number of methoxy groups -OCH3 is 1. The normalized spacial score (nSPS) is 9.52. The van der Waals surface area contributed by atoms with Crippen LogP contribution in [-0.2, 0) is 6.54 Å². The zero-order valence-corrected chi connectivity index (χ0v) is 15.0. The van der Waals surface area contributed by atoms with E-state index in [1.54, 1.807) is 6.33 Å². The summed E-state index contributed by atoms with van der Waals surface area (Å²) >= 11 is 5.94. The van der Waals surface area contributed by atoms with E-state index in [0.717, 1.165) is 5.82 Å². The number of amides is 1. The average molecular weight is 383 g/mol. The molecule has 128 valence electrons. The third kappa shape index (κ3) is 5.16. The van der Waals surface area contributed by atoms with E-state index in [9.17, 15) is 4.79 Å². The first-order chi connectivity index (χ1) is 10.0. The van der Waals surface area contributed by atoms with Crippen molar-refractivity contribution in [2.24, 2.45) is 0 Å². The number of aromatic nitrogens is 3. The van der Waals surface area contributed by atoms with Gasteiger partial charge in [0.25, 0.3) is 5.91 Å². The van der Waals surface area contributed by atoms with Gasteiger partial charge in [-0.1, -0.05) is 11.6 Å². The Bertz CT molecular complexity index is 663. The van der Waals surface area contributed by atoms with Gasteiger partial charge in [-0.05, 0) is 13.0 Å². The Morgan fingerprint density at radius 1 is 1.43 bits per heavy atom. The Hall–Kier alpha value is -1.70. The van der Waals surface area contributed by atoms with Crippen molar-refractivity contribution in [3.63, 3.8) is 0 Å². The van der Waals surface area contributed by atoms with Gasteiger partial charge in [-0.3, -0.25) is 4.79 Å². The van der Waals surface area contributed by atoms with Crippen LogP contribution < -0.4 is 15.8 Å². The number of hydrogen-bond acceptors (Lipinski definition) is 5. The molecule has 0 bridgehead atoms. The molecule has 0 aliphatic carbocycles. The number of carbonyl (C=O) groups excluding carboxylic acids is 1. The van der Waals surface area contributed by atoms with E-state index in [1.807, 2.05) is 11.5 Å². The summed E-state index contributed by atoms with van der Waals surface area (Å²) in [5.41, 5.74) is 6.40. The van der Waals surface area contributed by atoms with Crippen molar-refractivity contribution < 1.29 is 9.53 Å². The third-order valence-electron chi connectivity index (χ3n) is 3.01. The Morgan fingerprint density at radius 3 is 2.70 bits per heavy atom. The van der Waals surface area contributed by atoms with Gasteiger partial charge in [-0.15, -0.1) is 35.0 Å². The van der Waals surface area contributed by atoms with Crippen LogP contribution in [0.25, 0.3) is 0 Å². The maximum absolute atomic E-state index is 12.2. The van der Waals surface area contributed by atoms with Crippen molar-refractivity contribution in [3.05, 3.63) is 34.9 Å². The number of anilines is 1. The first-order valence-corrected chi connectivity index (χ1v) is 6.66. The number of rotatable bonds is 5. The predicted molar refractivity (Wildman–Crippen MR) is 94.0 cm³/mol. The van der Waals surface area contributed by atoms with Crippen LogP contribution in [0.3, 0.4) is 0 Å². The number of nitrogens with one attached hydrogen (secondary N) is 1. The smallest absolute Gasteiger partial charge is 0.255 e. The van der Waals surface area contributed by atoms with Gasteiger partial charge in [0.2, 0.25) is 0 Å². The molecule has 0 radical (unpaired) electrons. The number of nitrogen functional groups attached to an aromatic ring is 1. The number of nitrogens with two attached hydrogens (primary N) is 1. The molecule has 23 heavy (non-hydrogen) atoms. The molecule has 0 aliphatic rings. The number of aryl methyl sites for hydroxylation is 1. The molecular weight excluding hydrogens is 365 g/mol. The summed E-state index contributed by atoms with van der Waals surface area (Å²) in [6.45, 7) is 2.86. The fraction of sp³-hybridized carbons (Fsp3) is 0.308. The lowest BCUT2D eigenvalue weighted by Gasteiger charge is -2.11. The summed E-state index contributed by atoms with van der Waals surface area (Å²) in [7, 11) is 1.47. The van der Waals surface area contributed by atoms with E-state index < -0.39 is 0 Å².